The van der Waals surface area contributed by atoms with Crippen molar-refractivity contribution in [2.24, 2.45) is 0 Å². The Morgan fingerprint density at radius 1 is 0.931 bits per heavy atom. The van der Waals surface area contributed by atoms with Crippen LogP contribution in [0.2, 0.25) is 0 Å². The number of nitrogens with one attached hydrogen (secondary N) is 1. The van der Waals surface area contributed by atoms with Gasteiger partial charge in [0, 0.05) is 23.4 Å². The molecule has 1 aliphatic heterocycles. The second kappa shape index (κ2) is 9.21. The Morgan fingerprint density at radius 2 is 1.69 bits per heavy atom. The van der Waals surface area contributed by atoms with Crippen LogP contribution in [0.4, 0.5) is 0 Å². The first-order valence-electron chi connectivity index (χ1n) is 10.2. The standard InChI is InChI=1S/C25H28N2O2/c1-28-24-8-7-21(20-9-13-26-14-10-20)17-22(24)18-29-19-25(11-15-27-16-12-25)23-5-3-2-4-6-23/h2-10,13-14,17,27H,11-12,15-16,18-19H2,1H3. The molecule has 1 saturated heterocycles. The molecule has 0 saturated carbocycles. The van der Waals surface area contributed by atoms with E-state index in [1.54, 1.807) is 7.11 Å². The fourth-order valence-electron chi connectivity index (χ4n) is 4.19. The van der Waals surface area contributed by atoms with Crippen LogP contribution in [0.1, 0.15) is 24.0 Å². The quantitative estimate of drug-likeness (QED) is 0.643. The van der Waals surface area contributed by atoms with Crippen molar-refractivity contribution >= 4 is 0 Å². The Labute approximate surface area is 172 Å². The number of rotatable bonds is 7. The third-order valence-corrected chi connectivity index (χ3v) is 5.88. The summed E-state index contributed by atoms with van der Waals surface area (Å²) in [5.41, 5.74) is 4.80. The SMILES string of the molecule is COc1ccc(-c2ccncc2)cc1COCC1(c2ccccc2)CCNCC1. The number of hydrogen-bond donors (Lipinski definition) is 1. The van der Waals surface area contributed by atoms with Gasteiger partial charge in [-0.2, -0.15) is 0 Å². The highest BCUT2D eigenvalue weighted by atomic mass is 16.5. The van der Waals surface area contributed by atoms with Gasteiger partial charge < -0.3 is 14.8 Å². The van der Waals surface area contributed by atoms with Gasteiger partial charge in [0.15, 0.2) is 0 Å². The number of benzene rings is 2. The predicted molar refractivity (Wildman–Crippen MR) is 116 cm³/mol. The van der Waals surface area contributed by atoms with E-state index in [0.29, 0.717) is 13.2 Å². The lowest BCUT2D eigenvalue weighted by Crippen LogP contribution is -2.43. The lowest BCUT2D eigenvalue weighted by molar-refractivity contribution is 0.0555. The zero-order valence-electron chi connectivity index (χ0n) is 16.9. The average Bonchev–Trinajstić information content (AvgIpc) is 2.81. The van der Waals surface area contributed by atoms with E-state index in [9.17, 15) is 0 Å². The zero-order chi connectivity index (χ0) is 19.9. The van der Waals surface area contributed by atoms with Crippen LogP contribution < -0.4 is 10.1 Å². The molecule has 150 valence electrons. The van der Waals surface area contributed by atoms with Crippen molar-refractivity contribution < 1.29 is 9.47 Å². The lowest BCUT2D eigenvalue weighted by atomic mass is 9.74. The maximum absolute atomic E-state index is 6.33. The molecule has 29 heavy (non-hydrogen) atoms. The van der Waals surface area contributed by atoms with Crippen molar-refractivity contribution in [3.63, 3.8) is 0 Å². The second-order valence-electron chi connectivity index (χ2n) is 7.65. The molecule has 4 heteroatoms. The van der Waals surface area contributed by atoms with Gasteiger partial charge in [0.05, 0.1) is 20.3 Å². The molecule has 0 bridgehead atoms. The molecule has 0 unspecified atom stereocenters. The van der Waals surface area contributed by atoms with E-state index in [4.69, 9.17) is 9.47 Å². The van der Waals surface area contributed by atoms with Crippen LogP contribution in [0.3, 0.4) is 0 Å². The molecule has 1 aliphatic rings. The fourth-order valence-corrected chi connectivity index (χ4v) is 4.19. The van der Waals surface area contributed by atoms with Crippen LogP contribution in [-0.4, -0.2) is 31.8 Å². The van der Waals surface area contributed by atoms with E-state index >= 15 is 0 Å². The fraction of sp³-hybridized carbons (Fsp3) is 0.320. The molecule has 4 rings (SSSR count). The minimum absolute atomic E-state index is 0.0719. The lowest BCUT2D eigenvalue weighted by Gasteiger charge is -2.38. The Balaban J connectivity index is 1.52. The number of nitrogens with zero attached hydrogens (tertiary/aromatic N) is 1. The first kappa shape index (κ1) is 19.6. The minimum atomic E-state index is 0.0719. The summed E-state index contributed by atoms with van der Waals surface area (Å²) in [4.78, 5) is 4.11. The van der Waals surface area contributed by atoms with Gasteiger partial charge in [0.25, 0.3) is 0 Å². The number of hydrogen-bond acceptors (Lipinski definition) is 4. The van der Waals surface area contributed by atoms with Crippen molar-refractivity contribution in [2.45, 2.75) is 24.9 Å². The molecular weight excluding hydrogens is 360 g/mol. The van der Waals surface area contributed by atoms with Crippen LogP contribution in [0.5, 0.6) is 5.75 Å². The van der Waals surface area contributed by atoms with Crippen LogP contribution in [0.15, 0.2) is 73.1 Å². The minimum Gasteiger partial charge on any atom is -0.496 e. The van der Waals surface area contributed by atoms with Gasteiger partial charge in [-0.05, 0) is 66.9 Å². The summed E-state index contributed by atoms with van der Waals surface area (Å²) in [6, 6.07) is 21.1. The van der Waals surface area contributed by atoms with Crippen LogP contribution in [-0.2, 0) is 16.8 Å². The summed E-state index contributed by atoms with van der Waals surface area (Å²) in [6.45, 7) is 3.30. The molecule has 0 radical (unpaired) electrons. The van der Waals surface area contributed by atoms with Crippen LogP contribution >= 0.6 is 0 Å². The Morgan fingerprint density at radius 3 is 2.41 bits per heavy atom. The molecule has 2 heterocycles. The summed E-state index contributed by atoms with van der Waals surface area (Å²) >= 11 is 0. The topological polar surface area (TPSA) is 43.4 Å². The van der Waals surface area contributed by atoms with Gasteiger partial charge in [0.1, 0.15) is 5.75 Å². The Kier molecular flexibility index (Phi) is 6.23. The first-order valence-corrected chi connectivity index (χ1v) is 10.2. The van der Waals surface area contributed by atoms with E-state index in [2.05, 4.69) is 52.8 Å². The van der Waals surface area contributed by atoms with Crippen molar-refractivity contribution in [1.82, 2.24) is 10.3 Å². The summed E-state index contributed by atoms with van der Waals surface area (Å²) in [6.07, 6.45) is 5.81. The number of piperidine rings is 1. The molecule has 2 aromatic carbocycles. The summed E-state index contributed by atoms with van der Waals surface area (Å²) in [7, 11) is 1.71. The highest BCUT2D eigenvalue weighted by Gasteiger charge is 2.34. The van der Waals surface area contributed by atoms with Crippen molar-refractivity contribution in [3.8, 4) is 16.9 Å². The number of aromatic nitrogens is 1. The molecule has 0 atom stereocenters. The van der Waals surface area contributed by atoms with Gasteiger partial charge in [0.2, 0.25) is 0 Å². The van der Waals surface area contributed by atoms with Crippen LogP contribution in [0.25, 0.3) is 11.1 Å². The van der Waals surface area contributed by atoms with Gasteiger partial charge >= 0.3 is 0 Å². The average molecular weight is 389 g/mol. The normalized spacial score (nSPS) is 15.8. The number of pyridine rings is 1. The van der Waals surface area contributed by atoms with E-state index in [1.807, 2.05) is 30.6 Å². The van der Waals surface area contributed by atoms with Crippen LogP contribution in [0, 0.1) is 0 Å². The Hall–Kier alpha value is -2.69. The van der Waals surface area contributed by atoms with Gasteiger partial charge in [-0.1, -0.05) is 36.4 Å². The van der Waals surface area contributed by atoms with E-state index in [0.717, 1.165) is 48.4 Å². The summed E-state index contributed by atoms with van der Waals surface area (Å²) in [5.74, 6) is 0.863. The summed E-state index contributed by atoms with van der Waals surface area (Å²) < 4.78 is 11.9. The highest BCUT2D eigenvalue weighted by molar-refractivity contribution is 5.65. The van der Waals surface area contributed by atoms with Gasteiger partial charge in [-0.3, -0.25) is 4.98 Å². The molecule has 0 aliphatic carbocycles. The maximum atomic E-state index is 6.33. The Bertz CT molecular complexity index is 907. The zero-order valence-corrected chi connectivity index (χ0v) is 16.9. The summed E-state index contributed by atoms with van der Waals surface area (Å²) in [5, 5.41) is 3.48. The molecule has 3 aromatic rings. The molecule has 0 amide bonds. The second-order valence-corrected chi connectivity index (χ2v) is 7.65. The molecule has 1 fully saturated rings. The molecule has 1 N–H and O–H groups in total. The largest absolute Gasteiger partial charge is 0.496 e. The number of methoxy groups -OCH3 is 1. The molecule has 4 nitrogen and oxygen atoms in total. The first-order chi connectivity index (χ1) is 14.3. The molecular formula is C25H28N2O2. The third kappa shape index (κ3) is 4.50. The maximum Gasteiger partial charge on any atom is 0.124 e. The third-order valence-electron chi connectivity index (χ3n) is 5.88. The van der Waals surface area contributed by atoms with E-state index < -0.39 is 0 Å². The van der Waals surface area contributed by atoms with Crippen molar-refractivity contribution in [2.75, 3.05) is 26.8 Å². The van der Waals surface area contributed by atoms with Gasteiger partial charge in [-0.25, -0.2) is 0 Å². The van der Waals surface area contributed by atoms with E-state index in [-0.39, 0.29) is 5.41 Å². The molecule has 1 aromatic heterocycles. The number of ether oxygens (including phenoxy) is 2. The van der Waals surface area contributed by atoms with Gasteiger partial charge in [-0.15, -0.1) is 0 Å². The van der Waals surface area contributed by atoms with E-state index in [1.165, 1.54) is 5.56 Å². The smallest absolute Gasteiger partial charge is 0.124 e. The van der Waals surface area contributed by atoms with Crippen molar-refractivity contribution in [1.29, 1.82) is 0 Å². The highest BCUT2D eigenvalue weighted by Crippen LogP contribution is 2.34. The monoisotopic (exact) mass is 388 g/mol. The molecule has 0 spiro atoms. The predicted octanol–water partition coefficient (Wildman–Crippen LogP) is 4.60. The van der Waals surface area contributed by atoms with Crippen molar-refractivity contribution in [3.05, 3.63) is 84.2 Å².